The molecule has 0 unspecified atom stereocenters. The summed E-state index contributed by atoms with van der Waals surface area (Å²) in [6, 6.07) is 20.4. The van der Waals surface area contributed by atoms with Gasteiger partial charge in [-0.15, -0.1) is 0 Å². The van der Waals surface area contributed by atoms with Crippen LogP contribution in [0.15, 0.2) is 66.7 Å². The van der Waals surface area contributed by atoms with Crippen molar-refractivity contribution in [3.8, 4) is 5.69 Å². The minimum Gasteiger partial charge on any atom is -0.322 e. The molecule has 2 aromatic carbocycles. The number of benzene rings is 2. The Morgan fingerprint density at radius 2 is 1.72 bits per heavy atom. The average Bonchev–Trinajstić information content (AvgIpc) is 3.04. The smallest absolute Gasteiger partial charge is 0.238 e. The van der Waals surface area contributed by atoms with E-state index in [1.54, 1.807) is 0 Å². The monoisotopic (exact) mass is 386 g/mol. The number of para-hydroxylation sites is 1. The molecule has 5 nitrogen and oxygen atoms in total. The van der Waals surface area contributed by atoms with Gasteiger partial charge < -0.3 is 5.32 Å². The second kappa shape index (κ2) is 8.45. The third-order valence-electron chi connectivity index (χ3n) is 5.36. The van der Waals surface area contributed by atoms with Crippen molar-refractivity contribution in [2.24, 2.45) is 0 Å². The Hall–Kier alpha value is -3.18. The van der Waals surface area contributed by atoms with Gasteiger partial charge in [0, 0.05) is 13.1 Å². The first-order valence-corrected chi connectivity index (χ1v) is 10.00. The summed E-state index contributed by atoms with van der Waals surface area (Å²) in [6.07, 6.45) is 3.19. The second-order valence-corrected chi connectivity index (χ2v) is 7.42. The molecule has 0 saturated carbocycles. The molecule has 148 valence electrons. The number of anilines is 1. The first-order valence-electron chi connectivity index (χ1n) is 10.00. The number of aryl methyl sites for hydroxylation is 1. The minimum atomic E-state index is 0.000345. The fourth-order valence-electron chi connectivity index (χ4n) is 3.80. The van der Waals surface area contributed by atoms with Gasteiger partial charge in [-0.25, -0.2) is 4.68 Å². The molecule has 0 aliphatic carbocycles. The number of hydrogen-bond donors (Lipinski definition) is 1. The highest BCUT2D eigenvalue weighted by Gasteiger charge is 2.19. The summed E-state index contributed by atoms with van der Waals surface area (Å²) in [7, 11) is 0. The predicted octanol–water partition coefficient (Wildman–Crippen LogP) is 4.22. The van der Waals surface area contributed by atoms with Gasteiger partial charge >= 0.3 is 0 Å². The second-order valence-electron chi connectivity index (χ2n) is 7.42. The van der Waals surface area contributed by atoms with Crippen molar-refractivity contribution >= 4 is 17.2 Å². The number of hydrogen-bond acceptors (Lipinski definition) is 3. The Balaban J connectivity index is 1.40. The van der Waals surface area contributed by atoms with Crippen LogP contribution in [0.1, 0.15) is 23.4 Å². The maximum atomic E-state index is 12.7. The fraction of sp³-hybridized carbons (Fsp3) is 0.250. The lowest BCUT2D eigenvalue weighted by molar-refractivity contribution is -0.117. The lowest BCUT2D eigenvalue weighted by Crippen LogP contribution is -2.36. The van der Waals surface area contributed by atoms with Gasteiger partial charge in [-0.2, -0.15) is 5.10 Å². The van der Waals surface area contributed by atoms with Crippen molar-refractivity contribution < 1.29 is 4.79 Å². The summed E-state index contributed by atoms with van der Waals surface area (Å²) in [5.74, 6) is 0.000345. The van der Waals surface area contributed by atoms with E-state index in [9.17, 15) is 4.79 Å². The fourth-order valence-corrected chi connectivity index (χ4v) is 3.80. The number of amides is 1. The third kappa shape index (κ3) is 4.30. The van der Waals surface area contributed by atoms with E-state index in [0.29, 0.717) is 6.54 Å². The lowest BCUT2D eigenvalue weighted by Gasteiger charge is -2.25. The highest BCUT2D eigenvalue weighted by atomic mass is 16.2. The topological polar surface area (TPSA) is 50.2 Å². The largest absolute Gasteiger partial charge is 0.322 e. The molecule has 1 aliphatic rings. The summed E-state index contributed by atoms with van der Waals surface area (Å²) >= 11 is 0. The van der Waals surface area contributed by atoms with Crippen LogP contribution in [0.5, 0.6) is 0 Å². The van der Waals surface area contributed by atoms with Gasteiger partial charge in [0.05, 0.1) is 29.3 Å². The van der Waals surface area contributed by atoms with Crippen molar-refractivity contribution in [3.63, 3.8) is 0 Å². The zero-order valence-electron chi connectivity index (χ0n) is 16.9. The zero-order valence-corrected chi connectivity index (χ0v) is 16.9. The van der Waals surface area contributed by atoms with Crippen LogP contribution in [-0.2, 0) is 4.79 Å². The van der Waals surface area contributed by atoms with Crippen molar-refractivity contribution in [2.45, 2.75) is 20.3 Å². The number of aromatic nitrogens is 2. The molecule has 4 rings (SSSR count). The van der Waals surface area contributed by atoms with E-state index in [-0.39, 0.29) is 5.91 Å². The highest BCUT2D eigenvalue weighted by molar-refractivity contribution is 5.93. The van der Waals surface area contributed by atoms with Crippen molar-refractivity contribution in [3.05, 3.63) is 83.7 Å². The van der Waals surface area contributed by atoms with Crippen LogP contribution in [0.4, 0.5) is 5.69 Å². The third-order valence-corrected chi connectivity index (χ3v) is 5.36. The number of nitrogens with one attached hydrogen (secondary N) is 1. The van der Waals surface area contributed by atoms with Gasteiger partial charge in [-0.3, -0.25) is 9.69 Å². The molecule has 0 radical (unpaired) electrons. The molecule has 0 fully saturated rings. The highest BCUT2D eigenvalue weighted by Crippen LogP contribution is 2.24. The molecule has 5 heteroatoms. The number of rotatable bonds is 5. The predicted molar refractivity (Wildman–Crippen MR) is 117 cm³/mol. The average molecular weight is 386 g/mol. The van der Waals surface area contributed by atoms with E-state index < -0.39 is 0 Å². The van der Waals surface area contributed by atoms with Crippen LogP contribution in [0.25, 0.3) is 11.3 Å². The maximum absolute atomic E-state index is 12.7. The lowest BCUT2D eigenvalue weighted by atomic mass is 10.00. The molecule has 29 heavy (non-hydrogen) atoms. The molecular formula is C24H26N4O. The van der Waals surface area contributed by atoms with Crippen LogP contribution in [-0.4, -0.2) is 40.2 Å². The Kier molecular flexibility index (Phi) is 5.58. The molecule has 0 bridgehead atoms. The molecule has 2 heterocycles. The summed E-state index contributed by atoms with van der Waals surface area (Å²) in [5, 5.41) is 7.68. The van der Waals surface area contributed by atoms with E-state index in [1.165, 1.54) is 11.1 Å². The molecule has 0 atom stereocenters. The van der Waals surface area contributed by atoms with E-state index in [1.807, 2.05) is 54.9 Å². The van der Waals surface area contributed by atoms with Crippen LogP contribution in [0.2, 0.25) is 0 Å². The molecule has 1 amide bonds. The molecule has 3 aromatic rings. The number of carbonyl (C=O) groups excluding carboxylic acids is 1. The maximum Gasteiger partial charge on any atom is 0.238 e. The van der Waals surface area contributed by atoms with Gasteiger partial charge in [0.2, 0.25) is 5.91 Å². The van der Waals surface area contributed by atoms with Crippen molar-refractivity contribution in [1.82, 2.24) is 14.7 Å². The van der Waals surface area contributed by atoms with E-state index in [0.717, 1.165) is 42.3 Å². The van der Waals surface area contributed by atoms with Crippen LogP contribution < -0.4 is 5.32 Å². The Bertz CT molecular complexity index is 1020. The standard InChI is InChI=1S/C24H26N4O/c1-18-24(19(2)28(26-18)22-11-7-4-8-12-22)25-23(29)17-27-15-13-21(14-16-27)20-9-5-3-6-10-20/h3-13H,14-17H2,1-2H3,(H,25,29). The molecule has 1 aromatic heterocycles. The number of carbonyl (C=O) groups is 1. The molecular weight excluding hydrogens is 360 g/mol. The Morgan fingerprint density at radius 1 is 1.03 bits per heavy atom. The minimum absolute atomic E-state index is 0.000345. The van der Waals surface area contributed by atoms with Gasteiger partial charge in [-0.05, 0) is 43.5 Å². The zero-order chi connectivity index (χ0) is 20.2. The van der Waals surface area contributed by atoms with Crippen molar-refractivity contribution in [1.29, 1.82) is 0 Å². The SMILES string of the molecule is Cc1nn(-c2ccccc2)c(C)c1NC(=O)CN1CC=C(c2ccccc2)CC1. The first kappa shape index (κ1) is 19.2. The Morgan fingerprint density at radius 3 is 2.38 bits per heavy atom. The summed E-state index contributed by atoms with van der Waals surface area (Å²) in [5.41, 5.74) is 6.19. The van der Waals surface area contributed by atoms with Crippen LogP contribution in [0, 0.1) is 13.8 Å². The molecule has 1 aliphatic heterocycles. The van der Waals surface area contributed by atoms with Gasteiger partial charge in [-0.1, -0.05) is 54.6 Å². The first-order chi connectivity index (χ1) is 14.1. The van der Waals surface area contributed by atoms with Gasteiger partial charge in [0.1, 0.15) is 0 Å². The summed E-state index contributed by atoms with van der Waals surface area (Å²) in [6.45, 7) is 5.97. The summed E-state index contributed by atoms with van der Waals surface area (Å²) < 4.78 is 1.88. The molecule has 1 N–H and O–H groups in total. The van der Waals surface area contributed by atoms with Gasteiger partial charge in [0.15, 0.2) is 0 Å². The molecule has 0 saturated heterocycles. The van der Waals surface area contributed by atoms with Gasteiger partial charge in [0.25, 0.3) is 0 Å². The Labute approximate surface area is 171 Å². The van der Waals surface area contributed by atoms with Crippen LogP contribution in [0.3, 0.4) is 0 Å². The molecule has 0 spiro atoms. The van der Waals surface area contributed by atoms with E-state index in [2.05, 4.69) is 45.7 Å². The van der Waals surface area contributed by atoms with Crippen molar-refractivity contribution in [2.75, 3.05) is 25.0 Å². The van der Waals surface area contributed by atoms with Crippen LogP contribution >= 0.6 is 0 Å². The number of nitrogens with zero attached hydrogens (tertiary/aromatic N) is 3. The van der Waals surface area contributed by atoms with E-state index in [4.69, 9.17) is 0 Å². The van der Waals surface area contributed by atoms with E-state index >= 15 is 0 Å². The summed E-state index contributed by atoms with van der Waals surface area (Å²) in [4.78, 5) is 14.8. The quantitative estimate of drug-likeness (QED) is 0.714. The normalized spacial score (nSPS) is 14.5.